The lowest BCUT2D eigenvalue weighted by molar-refractivity contribution is -0.385. The molecule has 11 heteroatoms. The second-order valence-electron chi connectivity index (χ2n) is 4.70. The van der Waals surface area contributed by atoms with Crippen LogP contribution in [0.2, 0.25) is 5.02 Å². The quantitative estimate of drug-likeness (QED) is 0.217. The Morgan fingerprint density at radius 3 is 2.92 bits per heavy atom. The van der Waals surface area contributed by atoms with Gasteiger partial charge in [-0.2, -0.15) is 10.4 Å². The van der Waals surface area contributed by atoms with Crippen LogP contribution in [0.3, 0.4) is 0 Å². The van der Waals surface area contributed by atoms with Gasteiger partial charge in [0.05, 0.1) is 28.4 Å². The number of benzene rings is 2. The summed E-state index contributed by atoms with van der Waals surface area (Å²) in [4.78, 5) is 10.6. The molecule has 0 N–H and O–H groups in total. The van der Waals surface area contributed by atoms with Crippen LogP contribution >= 0.6 is 40.0 Å². The summed E-state index contributed by atoms with van der Waals surface area (Å²) in [6, 6.07) is 7.00. The molecule has 0 fully saturated rings. The molecule has 2 aromatic carbocycles. The van der Waals surface area contributed by atoms with Gasteiger partial charge in [0, 0.05) is 6.07 Å². The Morgan fingerprint density at radius 2 is 2.28 bits per heavy atom. The van der Waals surface area contributed by atoms with Gasteiger partial charge in [0.1, 0.15) is 22.5 Å². The van der Waals surface area contributed by atoms with Crippen LogP contribution in [0.15, 0.2) is 30.5 Å². The summed E-state index contributed by atoms with van der Waals surface area (Å²) in [6.45, 7) is 0. The van der Waals surface area contributed by atoms with Gasteiger partial charge in [0.15, 0.2) is 5.75 Å². The molecule has 126 valence electrons. The number of nitro benzene ring substituents is 1. The highest BCUT2D eigenvalue weighted by Gasteiger charge is 2.24. The van der Waals surface area contributed by atoms with Crippen LogP contribution in [0, 0.1) is 27.3 Å². The molecule has 1 aromatic heterocycles. The number of aromatic nitrogens is 2. The van der Waals surface area contributed by atoms with E-state index in [1.807, 2.05) is 0 Å². The van der Waals surface area contributed by atoms with E-state index in [0.717, 1.165) is 0 Å². The largest absolute Gasteiger partial charge is 0.448 e. The number of nitro groups is 1. The summed E-state index contributed by atoms with van der Waals surface area (Å²) < 4.78 is 21.3. The molecule has 0 spiro atoms. The first-order chi connectivity index (χ1) is 12.0. The van der Waals surface area contributed by atoms with Crippen LogP contribution < -0.4 is 4.74 Å². The molecule has 1 heterocycles. The summed E-state index contributed by atoms with van der Waals surface area (Å²) >= 11 is 8.09. The van der Waals surface area contributed by atoms with Crippen molar-refractivity contribution in [2.24, 2.45) is 0 Å². The molecule has 0 bridgehead atoms. The van der Waals surface area contributed by atoms with Crippen LogP contribution in [-0.2, 0) is 0 Å². The van der Waals surface area contributed by atoms with E-state index in [-0.39, 0.29) is 28.5 Å². The molecule has 3 rings (SSSR count). The zero-order valence-electron chi connectivity index (χ0n) is 12.0. The standard InChI is InChI=1S/C14H6ClFIN4O3P/c15-12-9(16)4-10-8(6-19-20(10)25-17)14(12)24-11-3-1-2-7(5-18)13(11)21(22)23/h1-4,6,25H. The Balaban J connectivity index is 2.23. The number of nitrogens with zero attached hydrogens (tertiary/aromatic N) is 4. The topological polar surface area (TPSA) is 94.0 Å². The molecule has 0 saturated carbocycles. The Labute approximate surface area is 159 Å². The minimum absolute atomic E-state index is 0.0873. The van der Waals surface area contributed by atoms with Gasteiger partial charge in [0.25, 0.3) is 0 Å². The number of fused-ring (bicyclic) bond motifs is 1. The van der Waals surface area contributed by atoms with Gasteiger partial charge in [-0.25, -0.2) is 8.84 Å². The first kappa shape index (κ1) is 17.8. The Hall–Kier alpha value is -2.02. The second-order valence-corrected chi connectivity index (χ2v) is 7.12. The van der Waals surface area contributed by atoms with Crippen LogP contribution in [-0.4, -0.2) is 14.5 Å². The number of nitriles is 1. The highest BCUT2D eigenvalue weighted by molar-refractivity contribution is 14.2. The number of hydrogen-bond donors (Lipinski definition) is 0. The van der Waals surface area contributed by atoms with Crippen molar-refractivity contribution in [1.82, 2.24) is 9.55 Å². The predicted molar refractivity (Wildman–Crippen MR) is 100 cm³/mol. The summed E-state index contributed by atoms with van der Waals surface area (Å²) in [7, 11) is 0. The van der Waals surface area contributed by atoms with Crippen molar-refractivity contribution in [3.8, 4) is 17.6 Å². The van der Waals surface area contributed by atoms with Crippen molar-refractivity contribution in [3.63, 3.8) is 0 Å². The molecular weight excluding hydrogens is 485 g/mol. The zero-order valence-corrected chi connectivity index (χ0v) is 15.9. The fourth-order valence-electron chi connectivity index (χ4n) is 2.24. The first-order valence-electron chi connectivity index (χ1n) is 6.55. The maximum atomic E-state index is 14.2. The van der Waals surface area contributed by atoms with Gasteiger partial charge in [-0.3, -0.25) is 10.1 Å². The predicted octanol–water partition coefficient (Wildman–Crippen LogP) is 5.19. The molecule has 3 aromatic rings. The number of para-hydroxylation sites is 1. The van der Waals surface area contributed by atoms with E-state index < -0.39 is 16.4 Å². The van der Waals surface area contributed by atoms with Gasteiger partial charge in [-0.05, 0) is 34.2 Å². The lowest BCUT2D eigenvalue weighted by atomic mass is 10.2. The molecule has 7 nitrogen and oxygen atoms in total. The highest BCUT2D eigenvalue weighted by Crippen LogP contribution is 2.43. The van der Waals surface area contributed by atoms with E-state index in [2.05, 4.69) is 27.1 Å². The lowest BCUT2D eigenvalue weighted by Crippen LogP contribution is -1.98. The lowest BCUT2D eigenvalue weighted by Gasteiger charge is -2.10. The Bertz CT molecular complexity index is 1050. The Kier molecular flexibility index (Phi) is 5.03. The molecule has 0 radical (unpaired) electrons. The number of halogens is 3. The van der Waals surface area contributed by atoms with Gasteiger partial charge in [0.2, 0.25) is 5.75 Å². The summed E-state index contributed by atoms with van der Waals surface area (Å²) in [6.07, 6.45) is 1.66. The third-order valence-electron chi connectivity index (χ3n) is 3.32. The Morgan fingerprint density at radius 1 is 1.52 bits per heavy atom. The van der Waals surface area contributed by atoms with Crippen molar-refractivity contribution < 1.29 is 14.1 Å². The smallest absolute Gasteiger partial charge is 0.329 e. The van der Waals surface area contributed by atoms with Crippen LogP contribution in [0.25, 0.3) is 10.9 Å². The number of rotatable bonds is 4. The van der Waals surface area contributed by atoms with Crippen LogP contribution in [0.4, 0.5) is 10.1 Å². The highest BCUT2D eigenvalue weighted by atomic mass is 127. The fourth-order valence-corrected chi connectivity index (χ4v) is 3.97. The van der Waals surface area contributed by atoms with E-state index in [9.17, 15) is 14.5 Å². The van der Waals surface area contributed by atoms with Crippen molar-refractivity contribution in [3.05, 3.63) is 57.0 Å². The van der Waals surface area contributed by atoms with Crippen molar-refractivity contribution >= 4 is 56.6 Å². The number of hydrogen-bond acceptors (Lipinski definition) is 5. The second kappa shape index (κ2) is 7.07. The molecule has 1 atom stereocenters. The average molecular weight is 491 g/mol. The normalized spacial score (nSPS) is 11.1. The van der Waals surface area contributed by atoms with E-state index in [1.54, 1.807) is 10.5 Å². The minimum Gasteiger partial charge on any atom is -0.448 e. The zero-order chi connectivity index (χ0) is 18.1. The van der Waals surface area contributed by atoms with Crippen molar-refractivity contribution in [1.29, 1.82) is 5.26 Å². The van der Waals surface area contributed by atoms with Crippen LogP contribution in [0.5, 0.6) is 11.5 Å². The van der Waals surface area contributed by atoms with Gasteiger partial charge in [-0.15, -0.1) is 0 Å². The first-order valence-corrected chi connectivity index (χ1v) is 11.0. The van der Waals surface area contributed by atoms with Gasteiger partial charge < -0.3 is 4.74 Å². The SMILES string of the molecule is N#Cc1cccc(Oc2c(Cl)c(F)cc3c2cnn3PI)c1[N+](=O)[O-]. The summed E-state index contributed by atoms with van der Waals surface area (Å²) in [5.41, 5.74) is -0.235. The van der Waals surface area contributed by atoms with Crippen molar-refractivity contribution in [2.45, 2.75) is 0 Å². The fraction of sp³-hybridized carbons (Fsp3) is 0. The van der Waals surface area contributed by atoms with Gasteiger partial charge in [-0.1, -0.05) is 17.7 Å². The monoisotopic (exact) mass is 490 g/mol. The molecular formula is C14H6ClFIN4O3P. The van der Waals surface area contributed by atoms with E-state index in [4.69, 9.17) is 21.6 Å². The van der Waals surface area contributed by atoms with E-state index in [0.29, 0.717) is 10.9 Å². The summed E-state index contributed by atoms with van der Waals surface area (Å²) in [5.74, 6) is -1.03. The average Bonchev–Trinajstić information content (AvgIpc) is 3.00. The molecule has 0 aliphatic rings. The van der Waals surface area contributed by atoms with Gasteiger partial charge >= 0.3 is 5.69 Å². The molecule has 0 aliphatic carbocycles. The number of ether oxygens (including phenoxy) is 1. The maximum absolute atomic E-state index is 14.2. The summed E-state index contributed by atoms with van der Waals surface area (Å²) in [5, 5.41) is 24.6. The molecule has 25 heavy (non-hydrogen) atoms. The van der Waals surface area contributed by atoms with E-state index >= 15 is 0 Å². The molecule has 1 unspecified atom stereocenters. The molecule has 0 amide bonds. The minimum atomic E-state index is -0.736. The van der Waals surface area contributed by atoms with E-state index in [1.165, 1.54) is 30.5 Å². The van der Waals surface area contributed by atoms with Crippen LogP contribution in [0.1, 0.15) is 5.56 Å². The molecule has 0 aliphatic heterocycles. The third-order valence-corrected chi connectivity index (χ3v) is 5.56. The molecule has 0 saturated heterocycles. The maximum Gasteiger partial charge on any atom is 0.329 e. The third kappa shape index (κ3) is 3.13. The van der Waals surface area contributed by atoms with Crippen molar-refractivity contribution in [2.75, 3.05) is 0 Å².